The minimum Gasteiger partial charge on any atom is -0.480 e. The monoisotopic (exact) mass is 370 g/mol. The summed E-state index contributed by atoms with van der Waals surface area (Å²) in [5, 5.41) is 11.6. The molecule has 0 bridgehead atoms. The van der Waals surface area contributed by atoms with E-state index in [0.29, 0.717) is 18.9 Å². The van der Waals surface area contributed by atoms with E-state index < -0.39 is 29.2 Å². The first kappa shape index (κ1) is 18.2. The fourth-order valence-corrected chi connectivity index (χ4v) is 3.20. The number of amides is 2. The molecular formula is C17H17F3N2O4. The highest BCUT2D eigenvalue weighted by Gasteiger charge is 2.46. The zero-order valence-corrected chi connectivity index (χ0v) is 13.7. The maximum Gasteiger partial charge on any atom is 0.416 e. The number of nitrogens with one attached hydrogen (secondary N) is 1. The number of nitrogens with zero attached hydrogens (tertiary/aromatic N) is 1. The van der Waals surface area contributed by atoms with Crippen molar-refractivity contribution in [2.75, 3.05) is 11.4 Å². The molecule has 0 aromatic heterocycles. The Balaban J connectivity index is 1.96. The maximum atomic E-state index is 13.2. The molecule has 1 heterocycles. The highest BCUT2D eigenvalue weighted by molar-refractivity contribution is 6.01. The Morgan fingerprint density at radius 1 is 1.15 bits per heavy atom. The number of rotatable bonds is 4. The van der Waals surface area contributed by atoms with Crippen molar-refractivity contribution < 1.29 is 32.7 Å². The Bertz CT molecular complexity index is 772. The smallest absolute Gasteiger partial charge is 0.416 e. The molecule has 2 aliphatic rings. The lowest BCUT2D eigenvalue weighted by Gasteiger charge is -2.38. The number of anilines is 1. The summed E-state index contributed by atoms with van der Waals surface area (Å²) in [4.78, 5) is 36.9. The first-order valence-electron chi connectivity index (χ1n) is 8.21. The number of alkyl halides is 3. The third-order valence-electron chi connectivity index (χ3n) is 4.86. The first-order chi connectivity index (χ1) is 12.1. The fraction of sp³-hybridized carbons (Fsp3) is 0.471. The second-order valence-corrected chi connectivity index (χ2v) is 6.61. The molecule has 2 amide bonds. The molecule has 9 heteroatoms. The molecule has 140 valence electrons. The van der Waals surface area contributed by atoms with E-state index in [1.54, 1.807) is 0 Å². The van der Waals surface area contributed by atoms with Gasteiger partial charge in [0.1, 0.15) is 5.54 Å². The van der Waals surface area contributed by atoms with Gasteiger partial charge in [-0.2, -0.15) is 13.2 Å². The summed E-state index contributed by atoms with van der Waals surface area (Å²) in [7, 11) is 0. The quantitative estimate of drug-likeness (QED) is 0.853. The molecule has 1 aromatic rings. The lowest BCUT2D eigenvalue weighted by molar-refractivity contribution is -0.148. The number of benzene rings is 1. The van der Waals surface area contributed by atoms with Crippen LogP contribution >= 0.6 is 0 Å². The standard InChI is InChI=1S/C17H17F3N2O4/c18-17(19,20)11-7-10(8-12(9-11)22-6-1-3-13(22)23)14(24)21-16(15(25)26)4-2-5-16/h7-9H,1-6H2,(H,21,24)(H,25,26). The third-order valence-corrected chi connectivity index (χ3v) is 4.86. The zero-order chi connectivity index (χ0) is 19.1. The van der Waals surface area contributed by atoms with E-state index in [2.05, 4.69) is 5.32 Å². The molecule has 1 aliphatic heterocycles. The Morgan fingerprint density at radius 3 is 2.31 bits per heavy atom. The lowest BCUT2D eigenvalue weighted by atomic mass is 9.76. The summed E-state index contributed by atoms with van der Waals surface area (Å²) >= 11 is 0. The van der Waals surface area contributed by atoms with Gasteiger partial charge in [-0.1, -0.05) is 0 Å². The predicted octanol–water partition coefficient (Wildman–Crippen LogP) is 2.57. The number of halogens is 3. The van der Waals surface area contributed by atoms with Gasteiger partial charge in [-0.05, 0) is 43.9 Å². The van der Waals surface area contributed by atoms with Crippen molar-refractivity contribution in [1.82, 2.24) is 5.32 Å². The number of aliphatic carboxylic acids is 1. The number of hydrogen-bond donors (Lipinski definition) is 2. The molecule has 2 N–H and O–H groups in total. The van der Waals surface area contributed by atoms with E-state index in [4.69, 9.17) is 0 Å². The maximum absolute atomic E-state index is 13.2. The van der Waals surface area contributed by atoms with Gasteiger partial charge in [0.05, 0.1) is 5.56 Å². The van der Waals surface area contributed by atoms with Crippen LogP contribution in [-0.2, 0) is 15.8 Å². The molecule has 6 nitrogen and oxygen atoms in total. The van der Waals surface area contributed by atoms with E-state index in [1.165, 1.54) is 11.0 Å². The van der Waals surface area contributed by atoms with Crippen molar-refractivity contribution in [2.45, 2.75) is 43.8 Å². The van der Waals surface area contributed by atoms with Gasteiger partial charge in [-0.15, -0.1) is 0 Å². The Labute approximate surface area is 147 Å². The Morgan fingerprint density at radius 2 is 1.85 bits per heavy atom. The Kier molecular flexibility index (Phi) is 4.41. The molecular weight excluding hydrogens is 353 g/mol. The van der Waals surface area contributed by atoms with Crippen LogP contribution in [0.15, 0.2) is 18.2 Å². The van der Waals surface area contributed by atoms with Crippen LogP contribution in [0.3, 0.4) is 0 Å². The van der Waals surface area contributed by atoms with E-state index in [1.807, 2.05) is 0 Å². The van der Waals surface area contributed by atoms with E-state index in [9.17, 15) is 32.7 Å². The number of hydrogen-bond acceptors (Lipinski definition) is 3. The molecule has 1 saturated carbocycles. The summed E-state index contributed by atoms with van der Waals surface area (Å²) < 4.78 is 39.6. The van der Waals surface area contributed by atoms with E-state index >= 15 is 0 Å². The Hall–Kier alpha value is -2.58. The zero-order valence-electron chi connectivity index (χ0n) is 13.7. The number of carboxylic acids is 1. The molecule has 2 fully saturated rings. The van der Waals surface area contributed by atoms with Crippen molar-refractivity contribution in [3.05, 3.63) is 29.3 Å². The number of carbonyl (C=O) groups excluding carboxylic acids is 2. The van der Waals surface area contributed by atoms with Crippen LogP contribution in [0.25, 0.3) is 0 Å². The molecule has 0 spiro atoms. The average molecular weight is 370 g/mol. The highest BCUT2D eigenvalue weighted by Crippen LogP contribution is 2.35. The number of carboxylic acid groups (broad SMARTS) is 1. The summed E-state index contributed by atoms with van der Waals surface area (Å²) in [5.41, 5.74) is -2.82. The molecule has 0 atom stereocenters. The van der Waals surface area contributed by atoms with Crippen LogP contribution in [0.4, 0.5) is 18.9 Å². The van der Waals surface area contributed by atoms with Crippen LogP contribution in [0.5, 0.6) is 0 Å². The van der Waals surface area contributed by atoms with E-state index in [-0.39, 0.29) is 43.0 Å². The lowest BCUT2D eigenvalue weighted by Crippen LogP contribution is -2.59. The van der Waals surface area contributed by atoms with Crippen molar-refractivity contribution in [1.29, 1.82) is 0 Å². The van der Waals surface area contributed by atoms with Gasteiger partial charge in [0.15, 0.2) is 0 Å². The van der Waals surface area contributed by atoms with Gasteiger partial charge < -0.3 is 15.3 Å². The average Bonchev–Trinajstić information content (AvgIpc) is 2.95. The SMILES string of the molecule is O=C(NC1(C(=O)O)CCC1)c1cc(N2CCCC2=O)cc(C(F)(F)F)c1. The van der Waals surface area contributed by atoms with Gasteiger partial charge in [0, 0.05) is 24.2 Å². The van der Waals surface area contributed by atoms with Crippen LogP contribution in [0, 0.1) is 0 Å². The predicted molar refractivity (Wildman–Crippen MR) is 84.7 cm³/mol. The highest BCUT2D eigenvalue weighted by atomic mass is 19.4. The van der Waals surface area contributed by atoms with Gasteiger partial charge in [-0.3, -0.25) is 9.59 Å². The van der Waals surface area contributed by atoms with Crippen LogP contribution < -0.4 is 10.2 Å². The van der Waals surface area contributed by atoms with Gasteiger partial charge in [-0.25, -0.2) is 4.79 Å². The topological polar surface area (TPSA) is 86.7 Å². The molecule has 1 saturated heterocycles. The first-order valence-corrected chi connectivity index (χ1v) is 8.21. The minimum absolute atomic E-state index is 0.00883. The summed E-state index contributed by atoms with van der Waals surface area (Å²) in [6.45, 7) is 0.278. The fourth-order valence-electron chi connectivity index (χ4n) is 3.20. The molecule has 0 unspecified atom stereocenters. The van der Waals surface area contributed by atoms with Crippen LogP contribution in [0.2, 0.25) is 0 Å². The van der Waals surface area contributed by atoms with Gasteiger partial charge >= 0.3 is 12.1 Å². The minimum atomic E-state index is -4.70. The van der Waals surface area contributed by atoms with Gasteiger partial charge in [0.2, 0.25) is 5.91 Å². The van der Waals surface area contributed by atoms with Crippen LogP contribution in [0.1, 0.15) is 48.0 Å². The van der Waals surface area contributed by atoms with Crippen molar-refractivity contribution in [3.63, 3.8) is 0 Å². The van der Waals surface area contributed by atoms with Crippen LogP contribution in [-0.4, -0.2) is 35.0 Å². The van der Waals surface area contributed by atoms with Gasteiger partial charge in [0.25, 0.3) is 5.91 Å². The largest absolute Gasteiger partial charge is 0.480 e. The molecule has 3 rings (SSSR count). The van der Waals surface area contributed by atoms with E-state index in [0.717, 1.165) is 6.07 Å². The van der Waals surface area contributed by atoms with Crippen molar-refractivity contribution >= 4 is 23.5 Å². The van der Waals surface area contributed by atoms with Crippen molar-refractivity contribution in [2.24, 2.45) is 0 Å². The number of carbonyl (C=O) groups is 3. The van der Waals surface area contributed by atoms with Crippen molar-refractivity contribution in [3.8, 4) is 0 Å². The second kappa shape index (κ2) is 6.30. The molecule has 0 radical (unpaired) electrons. The second-order valence-electron chi connectivity index (χ2n) is 6.61. The summed E-state index contributed by atoms with van der Waals surface area (Å²) in [6, 6.07) is 2.70. The normalized spacial score (nSPS) is 19.2. The summed E-state index contributed by atoms with van der Waals surface area (Å²) in [5.74, 6) is -2.42. The summed E-state index contributed by atoms with van der Waals surface area (Å²) in [6.07, 6.45) is -2.87. The molecule has 1 aromatic carbocycles. The molecule has 1 aliphatic carbocycles. The molecule has 26 heavy (non-hydrogen) atoms. The third kappa shape index (κ3) is 3.25.